The van der Waals surface area contributed by atoms with Crippen molar-refractivity contribution in [3.8, 4) is 5.69 Å². The molecule has 0 aliphatic heterocycles. The molecule has 1 N–H and O–H groups in total. The molecular weight excluding hydrogens is 324 g/mol. The normalized spacial score (nSPS) is 10.8. The van der Waals surface area contributed by atoms with E-state index in [0.29, 0.717) is 10.8 Å². The highest BCUT2D eigenvalue weighted by Crippen LogP contribution is 2.18. The van der Waals surface area contributed by atoms with Crippen LogP contribution >= 0.6 is 11.3 Å². The van der Waals surface area contributed by atoms with E-state index in [1.54, 1.807) is 6.92 Å². The molecule has 8 heteroatoms. The molecular formula is C16H18N6OS. The zero-order valence-corrected chi connectivity index (χ0v) is 14.8. The predicted molar refractivity (Wildman–Crippen MR) is 92.8 cm³/mol. The summed E-state index contributed by atoms with van der Waals surface area (Å²) in [6, 6.07) is 6.00. The van der Waals surface area contributed by atoms with E-state index in [4.69, 9.17) is 0 Å². The van der Waals surface area contributed by atoms with Gasteiger partial charge in [-0.05, 0) is 38.8 Å². The molecule has 0 radical (unpaired) electrons. The molecule has 7 nitrogen and oxygen atoms in total. The molecule has 0 spiro atoms. The number of aryl methyl sites for hydroxylation is 4. The van der Waals surface area contributed by atoms with Gasteiger partial charge in [-0.2, -0.15) is 9.90 Å². The fraction of sp³-hybridized carbons (Fsp3) is 0.312. The van der Waals surface area contributed by atoms with Gasteiger partial charge in [-0.3, -0.25) is 10.1 Å². The van der Waals surface area contributed by atoms with Crippen molar-refractivity contribution in [1.82, 2.24) is 25.2 Å². The van der Waals surface area contributed by atoms with Gasteiger partial charge < -0.3 is 0 Å². The second-order valence-electron chi connectivity index (χ2n) is 5.52. The molecule has 2 heterocycles. The first-order chi connectivity index (χ1) is 11.5. The van der Waals surface area contributed by atoms with Crippen molar-refractivity contribution in [2.45, 2.75) is 34.1 Å². The standard InChI is InChI=1S/C16H18N6OS/c1-5-13-18-19-16(24-13)17-15(23)14-11(4)20-22(21-14)12-7-6-9(2)8-10(12)3/h6-8H,5H2,1-4H3,(H,17,19,23). The SMILES string of the molecule is CCc1nnc(NC(=O)c2nn(-c3ccc(C)cc3C)nc2C)s1. The fourth-order valence-electron chi connectivity index (χ4n) is 2.33. The lowest BCUT2D eigenvalue weighted by Gasteiger charge is -2.04. The monoisotopic (exact) mass is 342 g/mol. The van der Waals surface area contributed by atoms with Crippen molar-refractivity contribution >= 4 is 22.4 Å². The Morgan fingerprint density at radius 2 is 2.00 bits per heavy atom. The largest absolute Gasteiger partial charge is 0.295 e. The Morgan fingerprint density at radius 1 is 1.21 bits per heavy atom. The first-order valence-electron chi connectivity index (χ1n) is 7.63. The maximum Gasteiger partial charge on any atom is 0.279 e. The third-order valence-corrected chi connectivity index (χ3v) is 4.54. The van der Waals surface area contributed by atoms with E-state index in [9.17, 15) is 4.79 Å². The van der Waals surface area contributed by atoms with Crippen molar-refractivity contribution in [2.75, 3.05) is 5.32 Å². The highest BCUT2D eigenvalue weighted by Gasteiger charge is 2.18. The van der Waals surface area contributed by atoms with Crippen LogP contribution in [0.1, 0.15) is 39.2 Å². The lowest BCUT2D eigenvalue weighted by Crippen LogP contribution is -2.14. The number of carbonyl (C=O) groups is 1. The smallest absolute Gasteiger partial charge is 0.279 e. The van der Waals surface area contributed by atoms with Gasteiger partial charge in [0.25, 0.3) is 5.91 Å². The van der Waals surface area contributed by atoms with Crippen LogP contribution in [-0.2, 0) is 6.42 Å². The number of rotatable bonds is 4. The van der Waals surface area contributed by atoms with Gasteiger partial charge >= 0.3 is 0 Å². The van der Waals surface area contributed by atoms with Crippen LogP contribution in [-0.4, -0.2) is 31.1 Å². The van der Waals surface area contributed by atoms with Crippen LogP contribution in [0.3, 0.4) is 0 Å². The molecule has 3 aromatic rings. The summed E-state index contributed by atoms with van der Waals surface area (Å²) in [6.07, 6.45) is 0.787. The molecule has 3 rings (SSSR count). The molecule has 24 heavy (non-hydrogen) atoms. The van der Waals surface area contributed by atoms with Crippen molar-refractivity contribution in [3.63, 3.8) is 0 Å². The van der Waals surface area contributed by atoms with Gasteiger partial charge in [0, 0.05) is 0 Å². The van der Waals surface area contributed by atoms with E-state index in [2.05, 4.69) is 31.8 Å². The third-order valence-electron chi connectivity index (χ3n) is 3.55. The minimum atomic E-state index is -0.331. The molecule has 0 unspecified atom stereocenters. The van der Waals surface area contributed by atoms with Gasteiger partial charge in [0.05, 0.1) is 11.4 Å². The molecule has 0 bridgehead atoms. The number of hydrogen-bond acceptors (Lipinski definition) is 6. The maximum atomic E-state index is 12.4. The summed E-state index contributed by atoms with van der Waals surface area (Å²) in [5.74, 6) is -0.331. The van der Waals surface area contributed by atoms with Crippen molar-refractivity contribution in [1.29, 1.82) is 0 Å². The average Bonchev–Trinajstić information content (AvgIpc) is 3.13. The van der Waals surface area contributed by atoms with Crippen LogP contribution in [0.4, 0.5) is 5.13 Å². The fourth-order valence-corrected chi connectivity index (χ4v) is 3.00. The Hall–Kier alpha value is -2.61. The third kappa shape index (κ3) is 3.18. The van der Waals surface area contributed by atoms with E-state index in [1.807, 2.05) is 32.9 Å². The van der Waals surface area contributed by atoms with Crippen molar-refractivity contribution in [3.05, 3.63) is 45.7 Å². The number of carbonyl (C=O) groups excluding carboxylic acids is 1. The number of nitrogens with zero attached hydrogens (tertiary/aromatic N) is 5. The zero-order chi connectivity index (χ0) is 17.3. The predicted octanol–water partition coefficient (Wildman–Crippen LogP) is 2.86. The van der Waals surface area contributed by atoms with Gasteiger partial charge in [-0.1, -0.05) is 36.0 Å². The number of nitrogens with one attached hydrogen (secondary N) is 1. The van der Waals surface area contributed by atoms with Gasteiger partial charge in [0.2, 0.25) is 5.13 Å². The Balaban J connectivity index is 1.86. The summed E-state index contributed by atoms with van der Waals surface area (Å²) in [7, 11) is 0. The van der Waals surface area contributed by atoms with Gasteiger partial charge in [-0.15, -0.1) is 15.3 Å². The van der Waals surface area contributed by atoms with Crippen molar-refractivity contribution in [2.24, 2.45) is 0 Å². The topological polar surface area (TPSA) is 85.6 Å². The lowest BCUT2D eigenvalue weighted by molar-refractivity contribution is 0.102. The lowest BCUT2D eigenvalue weighted by atomic mass is 10.1. The number of anilines is 1. The summed E-state index contributed by atoms with van der Waals surface area (Å²) in [5, 5.41) is 20.7. The molecule has 2 aromatic heterocycles. The van der Waals surface area contributed by atoms with Crippen LogP contribution in [0.25, 0.3) is 5.69 Å². The number of hydrogen-bond donors (Lipinski definition) is 1. The molecule has 0 aliphatic carbocycles. The minimum Gasteiger partial charge on any atom is -0.295 e. The van der Waals surface area contributed by atoms with Gasteiger partial charge in [-0.25, -0.2) is 0 Å². The summed E-state index contributed by atoms with van der Waals surface area (Å²) < 4.78 is 0. The molecule has 0 saturated carbocycles. The van der Waals surface area contributed by atoms with Crippen LogP contribution in [0, 0.1) is 20.8 Å². The molecule has 0 saturated heterocycles. The van der Waals surface area contributed by atoms with E-state index < -0.39 is 0 Å². The zero-order valence-electron chi connectivity index (χ0n) is 14.0. The molecule has 0 aliphatic rings. The highest BCUT2D eigenvalue weighted by molar-refractivity contribution is 7.15. The van der Waals surface area contributed by atoms with Crippen molar-refractivity contribution < 1.29 is 4.79 Å². The second-order valence-corrected chi connectivity index (χ2v) is 6.58. The number of amides is 1. The minimum absolute atomic E-state index is 0.281. The average molecular weight is 342 g/mol. The Labute approximate surface area is 143 Å². The second kappa shape index (κ2) is 6.48. The Morgan fingerprint density at radius 3 is 2.67 bits per heavy atom. The first-order valence-corrected chi connectivity index (χ1v) is 8.45. The molecule has 124 valence electrons. The summed E-state index contributed by atoms with van der Waals surface area (Å²) >= 11 is 1.36. The van der Waals surface area contributed by atoms with Crippen LogP contribution in [0.2, 0.25) is 0 Å². The van der Waals surface area contributed by atoms with Gasteiger partial charge in [0.15, 0.2) is 5.69 Å². The quantitative estimate of drug-likeness (QED) is 0.788. The van der Waals surface area contributed by atoms with Crippen LogP contribution < -0.4 is 5.32 Å². The highest BCUT2D eigenvalue weighted by atomic mass is 32.1. The molecule has 1 amide bonds. The van der Waals surface area contributed by atoms with Crippen LogP contribution in [0.15, 0.2) is 18.2 Å². The Kier molecular flexibility index (Phi) is 4.39. The number of benzene rings is 1. The van der Waals surface area contributed by atoms with Crippen LogP contribution in [0.5, 0.6) is 0 Å². The van der Waals surface area contributed by atoms with E-state index in [1.165, 1.54) is 21.7 Å². The van der Waals surface area contributed by atoms with E-state index >= 15 is 0 Å². The first kappa shape index (κ1) is 16.3. The summed E-state index contributed by atoms with van der Waals surface area (Å²) in [6.45, 7) is 7.78. The summed E-state index contributed by atoms with van der Waals surface area (Å²) in [4.78, 5) is 13.9. The maximum absolute atomic E-state index is 12.4. The molecule has 0 fully saturated rings. The number of aromatic nitrogens is 5. The summed E-state index contributed by atoms with van der Waals surface area (Å²) in [5.41, 5.74) is 3.91. The van der Waals surface area contributed by atoms with E-state index in [0.717, 1.165) is 22.7 Å². The molecule has 1 aromatic carbocycles. The van der Waals surface area contributed by atoms with Gasteiger partial charge in [0.1, 0.15) is 5.01 Å². The molecule has 0 atom stereocenters. The van der Waals surface area contributed by atoms with E-state index in [-0.39, 0.29) is 11.6 Å². The Bertz CT molecular complexity index is 898.